The van der Waals surface area contributed by atoms with Gasteiger partial charge in [-0.2, -0.15) is 0 Å². The Morgan fingerprint density at radius 3 is 2.44 bits per heavy atom. The van der Waals surface area contributed by atoms with Crippen molar-refractivity contribution in [2.45, 2.75) is 6.54 Å². The van der Waals surface area contributed by atoms with E-state index in [-0.39, 0.29) is 0 Å². The highest BCUT2D eigenvalue weighted by Crippen LogP contribution is 2.23. The standard InChI is InChI=1S/C16H14N2/c17-11-15-8-6-14-10-13(7-9-16(14)18-15)12-4-2-1-3-5-12/h1-10H,11,17H2. The molecule has 0 radical (unpaired) electrons. The van der Waals surface area contributed by atoms with Crippen LogP contribution in [0.15, 0.2) is 60.7 Å². The molecule has 3 aromatic rings. The lowest BCUT2D eigenvalue weighted by Crippen LogP contribution is -1.98. The van der Waals surface area contributed by atoms with Gasteiger partial charge >= 0.3 is 0 Å². The van der Waals surface area contributed by atoms with E-state index in [1.165, 1.54) is 11.1 Å². The summed E-state index contributed by atoms with van der Waals surface area (Å²) in [5.41, 5.74) is 9.96. The summed E-state index contributed by atoms with van der Waals surface area (Å²) in [4.78, 5) is 4.50. The minimum atomic E-state index is 0.483. The molecule has 0 bridgehead atoms. The summed E-state index contributed by atoms with van der Waals surface area (Å²) in [7, 11) is 0. The summed E-state index contributed by atoms with van der Waals surface area (Å²) < 4.78 is 0. The molecule has 2 aromatic carbocycles. The molecule has 0 saturated carbocycles. The fourth-order valence-corrected chi connectivity index (χ4v) is 2.09. The van der Waals surface area contributed by atoms with Gasteiger partial charge in [0.05, 0.1) is 11.2 Å². The molecular weight excluding hydrogens is 220 g/mol. The number of fused-ring (bicyclic) bond motifs is 1. The van der Waals surface area contributed by atoms with Crippen LogP contribution in [0.3, 0.4) is 0 Å². The number of hydrogen-bond donors (Lipinski definition) is 1. The quantitative estimate of drug-likeness (QED) is 0.738. The Balaban J connectivity index is 2.12. The van der Waals surface area contributed by atoms with E-state index < -0.39 is 0 Å². The number of benzene rings is 2. The van der Waals surface area contributed by atoms with Crippen molar-refractivity contribution in [1.82, 2.24) is 4.98 Å². The van der Waals surface area contributed by atoms with Crippen LogP contribution in [0.4, 0.5) is 0 Å². The average molecular weight is 234 g/mol. The van der Waals surface area contributed by atoms with Crippen molar-refractivity contribution in [2.24, 2.45) is 5.73 Å². The summed E-state index contributed by atoms with van der Waals surface area (Å²) in [5, 5.41) is 1.15. The number of nitrogens with zero attached hydrogens (tertiary/aromatic N) is 1. The molecule has 0 aliphatic rings. The van der Waals surface area contributed by atoms with Crippen LogP contribution in [0.25, 0.3) is 22.0 Å². The maximum absolute atomic E-state index is 5.60. The van der Waals surface area contributed by atoms with Crippen LogP contribution in [0.2, 0.25) is 0 Å². The lowest BCUT2D eigenvalue weighted by Gasteiger charge is -2.05. The molecule has 0 atom stereocenters. The summed E-state index contributed by atoms with van der Waals surface area (Å²) in [6, 6.07) is 20.7. The fourth-order valence-electron chi connectivity index (χ4n) is 2.09. The first kappa shape index (κ1) is 10.9. The second-order valence-electron chi connectivity index (χ2n) is 4.28. The van der Waals surface area contributed by atoms with E-state index in [9.17, 15) is 0 Å². The minimum Gasteiger partial charge on any atom is -0.325 e. The van der Waals surface area contributed by atoms with Crippen LogP contribution in [-0.2, 0) is 6.54 Å². The number of hydrogen-bond acceptors (Lipinski definition) is 2. The van der Waals surface area contributed by atoms with E-state index in [0.717, 1.165) is 16.6 Å². The van der Waals surface area contributed by atoms with Crippen LogP contribution >= 0.6 is 0 Å². The molecule has 0 aliphatic heterocycles. The zero-order chi connectivity index (χ0) is 12.4. The van der Waals surface area contributed by atoms with Gasteiger partial charge < -0.3 is 5.73 Å². The first-order valence-electron chi connectivity index (χ1n) is 6.02. The van der Waals surface area contributed by atoms with Crippen molar-refractivity contribution in [3.8, 4) is 11.1 Å². The first-order chi connectivity index (χ1) is 8.86. The van der Waals surface area contributed by atoms with Crippen LogP contribution in [0, 0.1) is 0 Å². The van der Waals surface area contributed by atoms with Gasteiger partial charge in [-0.25, -0.2) is 0 Å². The number of pyridine rings is 1. The highest BCUT2D eigenvalue weighted by atomic mass is 14.7. The Kier molecular flexibility index (Phi) is 2.79. The highest BCUT2D eigenvalue weighted by molar-refractivity contribution is 5.84. The molecule has 2 nitrogen and oxygen atoms in total. The largest absolute Gasteiger partial charge is 0.325 e. The molecule has 88 valence electrons. The Hall–Kier alpha value is -2.19. The van der Waals surface area contributed by atoms with Gasteiger partial charge in [0.1, 0.15) is 0 Å². The minimum absolute atomic E-state index is 0.483. The van der Waals surface area contributed by atoms with Crippen molar-refractivity contribution in [3.05, 3.63) is 66.4 Å². The van der Waals surface area contributed by atoms with Crippen molar-refractivity contribution in [3.63, 3.8) is 0 Å². The van der Waals surface area contributed by atoms with Gasteiger partial charge in [0.25, 0.3) is 0 Å². The summed E-state index contributed by atoms with van der Waals surface area (Å²) >= 11 is 0. The number of rotatable bonds is 2. The van der Waals surface area contributed by atoms with E-state index in [1.807, 2.05) is 12.1 Å². The number of nitrogens with two attached hydrogens (primary N) is 1. The molecule has 0 spiro atoms. The molecule has 1 aromatic heterocycles. The Labute approximate surface area is 106 Å². The van der Waals surface area contributed by atoms with E-state index in [0.29, 0.717) is 6.54 Å². The SMILES string of the molecule is NCc1ccc2cc(-c3ccccc3)ccc2n1. The third-order valence-electron chi connectivity index (χ3n) is 3.06. The van der Waals surface area contributed by atoms with Gasteiger partial charge in [0.2, 0.25) is 0 Å². The van der Waals surface area contributed by atoms with E-state index >= 15 is 0 Å². The molecule has 0 amide bonds. The summed E-state index contributed by atoms with van der Waals surface area (Å²) in [6.07, 6.45) is 0. The molecule has 0 unspecified atom stereocenters. The Morgan fingerprint density at radius 2 is 1.67 bits per heavy atom. The van der Waals surface area contributed by atoms with Gasteiger partial charge in [-0.1, -0.05) is 42.5 Å². The van der Waals surface area contributed by atoms with Crippen molar-refractivity contribution in [2.75, 3.05) is 0 Å². The lowest BCUT2D eigenvalue weighted by molar-refractivity contribution is 1.01. The van der Waals surface area contributed by atoms with E-state index in [1.54, 1.807) is 0 Å². The van der Waals surface area contributed by atoms with Crippen molar-refractivity contribution >= 4 is 10.9 Å². The third-order valence-corrected chi connectivity index (χ3v) is 3.06. The molecular formula is C16H14N2. The van der Waals surface area contributed by atoms with Gasteiger partial charge in [0.15, 0.2) is 0 Å². The molecule has 18 heavy (non-hydrogen) atoms. The van der Waals surface area contributed by atoms with Crippen molar-refractivity contribution in [1.29, 1.82) is 0 Å². The second-order valence-corrected chi connectivity index (χ2v) is 4.28. The highest BCUT2D eigenvalue weighted by Gasteiger charge is 2.01. The smallest absolute Gasteiger partial charge is 0.0706 e. The summed E-state index contributed by atoms with van der Waals surface area (Å²) in [5.74, 6) is 0. The zero-order valence-electron chi connectivity index (χ0n) is 10.0. The Morgan fingerprint density at radius 1 is 0.833 bits per heavy atom. The van der Waals surface area contributed by atoms with Crippen LogP contribution in [0.1, 0.15) is 5.69 Å². The third kappa shape index (κ3) is 1.98. The molecule has 2 heteroatoms. The fraction of sp³-hybridized carbons (Fsp3) is 0.0625. The maximum Gasteiger partial charge on any atom is 0.0706 e. The normalized spacial score (nSPS) is 10.7. The molecule has 3 rings (SSSR count). The van der Waals surface area contributed by atoms with Crippen LogP contribution in [-0.4, -0.2) is 4.98 Å². The van der Waals surface area contributed by atoms with E-state index in [4.69, 9.17) is 5.73 Å². The topological polar surface area (TPSA) is 38.9 Å². The predicted octanol–water partition coefficient (Wildman–Crippen LogP) is 3.36. The first-order valence-corrected chi connectivity index (χ1v) is 6.02. The van der Waals surface area contributed by atoms with Gasteiger partial charge in [-0.15, -0.1) is 0 Å². The lowest BCUT2D eigenvalue weighted by atomic mass is 10.0. The van der Waals surface area contributed by atoms with Gasteiger partial charge in [-0.3, -0.25) is 4.98 Å². The summed E-state index contributed by atoms with van der Waals surface area (Å²) in [6.45, 7) is 0.483. The molecule has 0 fully saturated rings. The maximum atomic E-state index is 5.60. The van der Waals surface area contributed by atoms with E-state index in [2.05, 4.69) is 53.5 Å². The van der Waals surface area contributed by atoms with Gasteiger partial charge in [-0.05, 0) is 29.3 Å². The monoisotopic (exact) mass is 234 g/mol. The van der Waals surface area contributed by atoms with Crippen molar-refractivity contribution < 1.29 is 0 Å². The predicted molar refractivity (Wildman–Crippen MR) is 75.1 cm³/mol. The average Bonchev–Trinajstić information content (AvgIpc) is 2.47. The Bertz CT molecular complexity index is 675. The zero-order valence-corrected chi connectivity index (χ0v) is 10.0. The van der Waals surface area contributed by atoms with Crippen LogP contribution < -0.4 is 5.73 Å². The molecule has 2 N–H and O–H groups in total. The van der Waals surface area contributed by atoms with Crippen LogP contribution in [0.5, 0.6) is 0 Å². The molecule has 0 saturated heterocycles. The number of aromatic nitrogens is 1. The van der Waals surface area contributed by atoms with Gasteiger partial charge in [0, 0.05) is 11.9 Å². The molecule has 0 aliphatic carbocycles. The second kappa shape index (κ2) is 4.59. The molecule has 1 heterocycles.